The Morgan fingerprint density at radius 3 is 2.58 bits per heavy atom. The number of nitrogens with zero attached hydrogens (tertiary/aromatic N) is 1. The molecule has 1 fully saturated rings. The summed E-state index contributed by atoms with van der Waals surface area (Å²) in [6.07, 6.45) is 2.49. The zero-order valence-electron chi connectivity index (χ0n) is 10.5. The Balaban J connectivity index is 2.15. The van der Waals surface area contributed by atoms with Gasteiger partial charge < -0.3 is 10.0 Å². The lowest BCUT2D eigenvalue weighted by molar-refractivity contribution is -0.138. The summed E-state index contributed by atoms with van der Waals surface area (Å²) in [4.78, 5) is 24.7. The van der Waals surface area contributed by atoms with Crippen molar-refractivity contribution in [2.45, 2.75) is 31.7 Å². The molecule has 1 amide bonds. The van der Waals surface area contributed by atoms with E-state index in [2.05, 4.69) is 0 Å². The molecule has 2 rings (SSSR count). The minimum absolute atomic E-state index is 0.0348. The highest BCUT2D eigenvalue weighted by atomic mass is 19.1. The number of carbonyl (C=O) groups excluding carboxylic acids is 1. The first-order valence-corrected chi connectivity index (χ1v) is 6.36. The summed E-state index contributed by atoms with van der Waals surface area (Å²) in [6, 6.07) is 5.09. The summed E-state index contributed by atoms with van der Waals surface area (Å²) in [6.45, 7) is 0.564. The Labute approximate surface area is 110 Å². The Morgan fingerprint density at radius 1 is 1.26 bits per heavy atom. The molecule has 5 heteroatoms. The summed E-state index contributed by atoms with van der Waals surface area (Å²) >= 11 is 0. The summed E-state index contributed by atoms with van der Waals surface area (Å²) < 4.78 is 12.8. The number of hydrogen-bond acceptors (Lipinski definition) is 2. The SMILES string of the molecule is O=C(O)CC1CCCCN1C(=O)c1ccc(F)cc1. The maximum atomic E-state index is 12.8. The maximum Gasteiger partial charge on any atom is 0.305 e. The standard InChI is InChI=1S/C14H16FNO3/c15-11-6-4-10(5-7-11)14(19)16-8-2-1-3-12(16)9-13(17)18/h4-7,12H,1-3,8-9H2,(H,17,18). The largest absolute Gasteiger partial charge is 0.481 e. The average molecular weight is 265 g/mol. The van der Waals surface area contributed by atoms with Crippen LogP contribution in [0, 0.1) is 5.82 Å². The van der Waals surface area contributed by atoms with Crippen LogP contribution in [-0.4, -0.2) is 34.5 Å². The van der Waals surface area contributed by atoms with Crippen molar-refractivity contribution < 1.29 is 19.1 Å². The van der Waals surface area contributed by atoms with Gasteiger partial charge in [0.2, 0.25) is 0 Å². The lowest BCUT2D eigenvalue weighted by Gasteiger charge is -2.35. The van der Waals surface area contributed by atoms with Crippen molar-refractivity contribution >= 4 is 11.9 Å². The van der Waals surface area contributed by atoms with Crippen LogP contribution in [-0.2, 0) is 4.79 Å². The Bertz CT molecular complexity index is 472. The van der Waals surface area contributed by atoms with E-state index < -0.39 is 11.8 Å². The van der Waals surface area contributed by atoms with Crippen molar-refractivity contribution in [2.75, 3.05) is 6.54 Å². The van der Waals surface area contributed by atoms with Gasteiger partial charge >= 0.3 is 5.97 Å². The zero-order valence-corrected chi connectivity index (χ0v) is 10.5. The number of carbonyl (C=O) groups is 2. The van der Waals surface area contributed by atoms with E-state index in [1.165, 1.54) is 24.3 Å². The van der Waals surface area contributed by atoms with Crippen LogP contribution >= 0.6 is 0 Å². The van der Waals surface area contributed by atoms with E-state index in [9.17, 15) is 14.0 Å². The Morgan fingerprint density at radius 2 is 1.95 bits per heavy atom. The third-order valence-electron chi connectivity index (χ3n) is 3.39. The number of hydrogen-bond donors (Lipinski definition) is 1. The lowest BCUT2D eigenvalue weighted by Crippen LogP contribution is -2.44. The molecule has 1 heterocycles. The first-order valence-electron chi connectivity index (χ1n) is 6.36. The molecule has 0 saturated carbocycles. The first kappa shape index (κ1) is 13.5. The van der Waals surface area contributed by atoms with Crippen LogP contribution in [0.5, 0.6) is 0 Å². The van der Waals surface area contributed by atoms with Crippen molar-refractivity contribution in [3.8, 4) is 0 Å². The van der Waals surface area contributed by atoms with Crippen molar-refractivity contribution in [2.24, 2.45) is 0 Å². The molecule has 0 aliphatic carbocycles. The highest BCUT2D eigenvalue weighted by Gasteiger charge is 2.28. The second-order valence-electron chi connectivity index (χ2n) is 4.75. The Hall–Kier alpha value is -1.91. The minimum atomic E-state index is -0.899. The number of likely N-dealkylation sites (tertiary alicyclic amines) is 1. The lowest BCUT2D eigenvalue weighted by atomic mass is 9.98. The molecule has 0 spiro atoms. The molecule has 1 atom stereocenters. The molecule has 1 saturated heterocycles. The quantitative estimate of drug-likeness (QED) is 0.912. The number of carboxylic acid groups (broad SMARTS) is 1. The molecule has 4 nitrogen and oxygen atoms in total. The fourth-order valence-corrected chi connectivity index (χ4v) is 2.44. The molecule has 0 radical (unpaired) electrons. The van der Waals surface area contributed by atoms with Gasteiger partial charge in [-0.25, -0.2) is 4.39 Å². The summed E-state index contributed by atoms with van der Waals surface area (Å²) in [5.41, 5.74) is 0.402. The van der Waals surface area contributed by atoms with Gasteiger partial charge in [-0.15, -0.1) is 0 Å². The fourth-order valence-electron chi connectivity index (χ4n) is 2.44. The van der Waals surface area contributed by atoms with Gasteiger partial charge in [0.15, 0.2) is 0 Å². The molecule has 1 aromatic carbocycles. The number of rotatable bonds is 3. The molecule has 1 unspecified atom stereocenters. The molecule has 0 aromatic heterocycles. The van der Waals surface area contributed by atoms with E-state index in [1.54, 1.807) is 4.90 Å². The summed E-state index contributed by atoms with van der Waals surface area (Å²) in [7, 11) is 0. The smallest absolute Gasteiger partial charge is 0.305 e. The predicted octanol–water partition coefficient (Wildman–Crippen LogP) is 2.30. The molecule has 1 aromatic rings. The number of aliphatic carboxylic acids is 1. The molecule has 19 heavy (non-hydrogen) atoms. The topological polar surface area (TPSA) is 57.6 Å². The molecule has 0 bridgehead atoms. The predicted molar refractivity (Wildman–Crippen MR) is 67.3 cm³/mol. The third-order valence-corrected chi connectivity index (χ3v) is 3.39. The Kier molecular flexibility index (Phi) is 4.14. The van der Waals surface area contributed by atoms with Crippen LogP contribution in [0.25, 0.3) is 0 Å². The van der Waals surface area contributed by atoms with E-state index in [0.29, 0.717) is 18.5 Å². The molecule has 1 aliphatic heterocycles. The van der Waals surface area contributed by atoms with Crippen molar-refractivity contribution in [1.82, 2.24) is 4.90 Å². The van der Waals surface area contributed by atoms with Crippen LogP contribution in [0.1, 0.15) is 36.0 Å². The minimum Gasteiger partial charge on any atom is -0.481 e. The van der Waals surface area contributed by atoms with E-state index >= 15 is 0 Å². The maximum absolute atomic E-state index is 12.8. The van der Waals surface area contributed by atoms with Crippen molar-refractivity contribution in [3.05, 3.63) is 35.6 Å². The van der Waals surface area contributed by atoms with Gasteiger partial charge in [-0.2, -0.15) is 0 Å². The summed E-state index contributed by atoms with van der Waals surface area (Å²) in [5.74, 6) is -1.51. The first-order chi connectivity index (χ1) is 9.08. The number of benzene rings is 1. The molecular formula is C14H16FNO3. The molecule has 1 N–H and O–H groups in total. The van der Waals surface area contributed by atoms with Gasteiger partial charge in [-0.05, 0) is 43.5 Å². The van der Waals surface area contributed by atoms with Crippen LogP contribution in [0.3, 0.4) is 0 Å². The van der Waals surface area contributed by atoms with E-state index in [4.69, 9.17) is 5.11 Å². The molecular weight excluding hydrogens is 249 g/mol. The number of amides is 1. The normalized spacial score (nSPS) is 19.2. The van der Waals surface area contributed by atoms with Gasteiger partial charge in [0.25, 0.3) is 5.91 Å². The van der Waals surface area contributed by atoms with Gasteiger partial charge in [-0.3, -0.25) is 9.59 Å². The number of carboxylic acids is 1. The number of piperidine rings is 1. The molecule has 1 aliphatic rings. The van der Waals surface area contributed by atoms with Crippen LogP contribution < -0.4 is 0 Å². The monoisotopic (exact) mass is 265 g/mol. The van der Waals surface area contributed by atoms with Gasteiger partial charge in [0, 0.05) is 18.2 Å². The van der Waals surface area contributed by atoms with E-state index in [-0.39, 0.29) is 18.4 Å². The van der Waals surface area contributed by atoms with Gasteiger partial charge in [-0.1, -0.05) is 0 Å². The van der Waals surface area contributed by atoms with E-state index in [0.717, 1.165) is 12.8 Å². The van der Waals surface area contributed by atoms with Gasteiger partial charge in [0.05, 0.1) is 6.42 Å². The van der Waals surface area contributed by atoms with Gasteiger partial charge in [0.1, 0.15) is 5.82 Å². The molecule has 102 valence electrons. The van der Waals surface area contributed by atoms with Crippen molar-refractivity contribution in [3.63, 3.8) is 0 Å². The second kappa shape index (κ2) is 5.82. The average Bonchev–Trinajstić information content (AvgIpc) is 2.39. The fraction of sp³-hybridized carbons (Fsp3) is 0.429. The third kappa shape index (κ3) is 3.30. The van der Waals surface area contributed by atoms with E-state index in [1.807, 2.05) is 0 Å². The summed E-state index contributed by atoms with van der Waals surface area (Å²) in [5, 5.41) is 8.88. The van der Waals surface area contributed by atoms with Crippen LogP contribution in [0.15, 0.2) is 24.3 Å². The second-order valence-corrected chi connectivity index (χ2v) is 4.75. The highest BCUT2D eigenvalue weighted by molar-refractivity contribution is 5.94. The van der Waals surface area contributed by atoms with Crippen molar-refractivity contribution in [1.29, 1.82) is 0 Å². The zero-order chi connectivity index (χ0) is 13.8. The highest BCUT2D eigenvalue weighted by Crippen LogP contribution is 2.22. The number of halogens is 1. The van der Waals surface area contributed by atoms with Crippen LogP contribution in [0.4, 0.5) is 4.39 Å². The van der Waals surface area contributed by atoms with Crippen LogP contribution in [0.2, 0.25) is 0 Å².